The zero-order valence-electron chi connectivity index (χ0n) is 10.7. The van der Waals surface area contributed by atoms with Crippen LogP contribution in [0.5, 0.6) is 0 Å². The number of hydrogen-bond acceptors (Lipinski definition) is 2. The van der Waals surface area contributed by atoms with Crippen molar-refractivity contribution in [2.45, 2.75) is 38.9 Å². The molecule has 0 aliphatic carbocycles. The van der Waals surface area contributed by atoms with Crippen molar-refractivity contribution >= 4 is 40.1 Å². The van der Waals surface area contributed by atoms with Gasteiger partial charge in [-0.1, -0.05) is 27.5 Å². The highest BCUT2D eigenvalue weighted by Crippen LogP contribution is 2.37. The molecule has 0 saturated carbocycles. The lowest BCUT2D eigenvalue weighted by atomic mass is 9.79. The number of halogens is 3. The fraction of sp³-hybridized carbons (Fsp3) is 0.500. The number of hydrogen-bond donors (Lipinski definition) is 0. The predicted molar refractivity (Wildman–Crippen MR) is 74.8 cm³/mol. The molecule has 1 saturated heterocycles. The quantitative estimate of drug-likeness (QED) is 0.731. The van der Waals surface area contributed by atoms with E-state index in [1.54, 1.807) is 6.07 Å². The lowest BCUT2D eigenvalue weighted by molar-refractivity contribution is 0.00578. The van der Waals surface area contributed by atoms with Crippen molar-refractivity contribution in [1.82, 2.24) is 0 Å². The molecule has 6 heteroatoms. The van der Waals surface area contributed by atoms with Gasteiger partial charge < -0.3 is 9.31 Å². The summed E-state index contributed by atoms with van der Waals surface area (Å²) in [4.78, 5) is 0. The minimum absolute atomic E-state index is 0.333. The lowest BCUT2D eigenvalue weighted by Crippen LogP contribution is -2.41. The smallest absolute Gasteiger partial charge is 0.399 e. The molecule has 1 aromatic carbocycles. The summed E-state index contributed by atoms with van der Waals surface area (Å²) in [5, 5.41) is 0.333. The molecule has 1 aliphatic heterocycles. The zero-order chi connectivity index (χ0) is 13.7. The van der Waals surface area contributed by atoms with Gasteiger partial charge in [-0.25, -0.2) is 4.39 Å². The molecule has 1 heterocycles. The topological polar surface area (TPSA) is 18.5 Å². The largest absolute Gasteiger partial charge is 0.499 e. The van der Waals surface area contributed by atoms with E-state index >= 15 is 0 Å². The molecule has 2 rings (SSSR count). The van der Waals surface area contributed by atoms with E-state index in [1.807, 2.05) is 27.7 Å². The summed E-state index contributed by atoms with van der Waals surface area (Å²) < 4.78 is 26.2. The van der Waals surface area contributed by atoms with E-state index in [4.69, 9.17) is 20.9 Å². The van der Waals surface area contributed by atoms with E-state index < -0.39 is 24.1 Å². The van der Waals surface area contributed by atoms with Crippen molar-refractivity contribution in [3.8, 4) is 0 Å². The second-order valence-electron chi connectivity index (χ2n) is 5.37. The van der Waals surface area contributed by atoms with Crippen LogP contribution in [0.4, 0.5) is 4.39 Å². The van der Waals surface area contributed by atoms with Crippen LogP contribution in [-0.4, -0.2) is 18.3 Å². The Morgan fingerprint density at radius 3 is 2.11 bits per heavy atom. The molecular weight excluding hydrogens is 321 g/mol. The minimum Gasteiger partial charge on any atom is -0.399 e. The molecule has 0 amide bonds. The van der Waals surface area contributed by atoms with E-state index in [0.29, 0.717) is 15.0 Å². The molecule has 1 fully saturated rings. The first-order valence-corrected chi connectivity index (χ1v) is 6.81. The Morgan fingerprint density at radius 2 is 1.67 bits per heavy atom. The van der Waals surface area contributed by atoms with Crippen LogP contribution < -0.4 is 5.46 Å². The molecule has 98 valence electrons. The highest BCUT2D eigenvalue weighted by Gasteiger charge is 2.53. The molecule has 0 radical (unpaired) electrons. The molecule has 1 aromatic rings. The van der Waals surface area contributed by atoms with E-state index in [9.17, 15) is 4.39 Å². The summed E-state index contributed by atoms with van der Waals surface area (Å²) in [5.74, 6) is -0.437. The third kappa shape index (κ3) is 2.33. The molecule has 18 heavy (non-hydrogen) atoms. The zero-order valence-corrected chi connectivity index (χ0v) is 13.0. The Labute approximate surface area is 120 Å². The van der Waals surface area contributed by atoms with Gasteiger partial charge in [0.25, 0.3) is 0 Å². The highest BCUT2D eigenvalue weighted by atomic mass is 79.9. The van der Waals surface area contributed by atoms with Crippen LogP contribution in [0.1, 0.15) is 27.7 Å². The van der Waals surface area contributed by atoms with Crippen molar-refractivity contribution in [2.24, 2.45) is 0 Å². The maximum Gasteiger partial charge on any atom is 0.499 e. The van der Waals surface area contributed by atoms with Gasteiger partial charge in [0.2, 0.25) is 0 Å². The minimum atomic E-state index is -0.735. The molecule has 0 N–H and O–H groups in total. The van der Waals surface area contributed by atoms with Crippen LogP contribution >= 0.6 is 27.5 Å². The molecular formula is C12H14BBrClFO2. The summed E-state index contributed by atoms with van der Waals surface area (Å²) in [6.45, 7) is 7.70. The van der Waals surface area contributed by atoms with Gasteiger partial charge in [0.05, 0.1) is 11.2 Å². The Morgan fingerprint density at radius 1 is 1.17 bits per heavy atom. The number of rotatable bonds is 1. The third-order valence-corrected chi connectivity index (χ3v) is 4.41. The Hall–Kier alpha value is -0.0951. The van der Waals surface area contributed by atoms with E-state index in [-0.39, 0.29) is 0 Å². The van der Waals surface area contributed by atoms with Crippen LogP contribution in [0.3, 0.4) is 0 Å². The second kappa shape index (κ2) is 4.48. The summed E-state index contributed by atoms with van der Waals surface area (Å²) in [7, 11) is -0.735. The molecule has 1 aliphatic rings. The van der Waals surface area contributed by atoms with E-state index in [1.165, 1.54) is 6.07 Å². The Bertz CT molecular complexity index is 454. The van der Waals surface area contributed by atoms with Crippen molar-refractivity contribution in [2.75, 3.05) is 0 Å². The van der Waals surface area contributed by atoms with Crippen molar-refractivity contribution in [3.05, 3.63) is 27.4 Å². The average molecular weight is 335 g/mol. The molecule has 2 nitrogen and oxygen atoms in total. The third-order valence-electron chi connectivity index (χ3n) is 3.53. The monoisotopic (exact) mass is 334 g/mol. The van der Waals surface area contributed by atoms with E-state index in [0.717, 1.165) is 0 Å². The predicted octanol–water partition coefficient (Wildman–Crippen LogP) is 3.54. The Balaban J connectivity index is 2.42. The van der Waals surface area contributed by atoms with Gasteiger partial charge in [0, 0.05) is 15.0 Å². The van der Waals surface area contributed by atoms with Crippen LogP contribution in [0.25, 0.3) is 0 Å². The van der Waals surface area contributed by atoms with E-state index in [2.05, 4.69) is 15.9 Å². The molecule has 0 spiro atoms. The first kappa shape index (κ1) is 14.3. The Kier molecular flexibility index (Phi) is 3.56. The fourth-order valence-electron chi connectivity index (χ4n) is 1.74. The summed E-state index contributed by atoms with van der Waals surface area (Å²) in [6.07, 6.45) is 0. The highest BCUT2D eigenvalue weighted by molar-refractivity contribution is 9.10. The van der Waals surface area contributed by atoms with Crippen LogP contribution in [0.2, 0.25) is 5.02 Å². The maximum absolute atomic E-state index is 14.0. The first-order chi connectivity index (χ1) is 8.14. The molecule has 0 unspecified atom stereocenters. The fourth-order valence-corrected chi connectivity index (χ4v) is 2.70. The van der Waals surface area contributed by atoms with Crippen LogP contribution in [0, 0.1) is 5.82 Å². The van der Waals surface area contributed by atoms with Gasteiger partial charge in [0.1, 0.15) is 5.82 Å². The second-order valence-corrected chi connectivity index (χ2v) is 6.66. The van der Waals surface area contributed by atoms with Gasteiger partial charge in [0.15, 0.2) is 0 Å². The summed E-state index contributed by atoms with van der Waals surface area (Å²) in [5.41, 5.74) is -0.648. The average Bonchev–Trinajstić information content (AvgIpc) is 2.32. The van der Waals surface area contributed by atoms with Crippen molar-refractivity contribution < 1.29 is 13.7 Å². The standard InChI is InChI=1S/C12H14BBrClFO2/c1-11(2)12(3,4)18-13(17-11)10-8(14)5-7(15)6-9(10)16/h5-6H,1-4H3. The first-order valence-electron chi connectivity index (χ1n) is 5.64. The molecule has 0 atom stereocenters. The normalized spacial score (nSPS) is 21.4. The van der Waals surface area contributed by atoms with Gasteiger partial charge in [-0.15, -0.1) is 0 Å². The van der Waals surface area contributed by atoms with Gasteiger partial charge in [-0.2, -0.15) is 0 Å². The SMILES string of the molecule is CC1(C)OB(c2c(F)cc(Cl)cc2Br)OC1(C)C. The maximum atomic E-state index is 14.0. The number of benzene rings is 1. The lowest BCUT2D eigenvalue weighted by Gasteiger charge is -2.32. The van der Waals surface area contributed by atoms with Gasteiger partial charge >= 0.3 is 7.12 Å². The summed E-state index contributed by atoms with van der Waals surface area (Å²) >= 11 is 9.09. The van der Waals surface area contributed by atoms with Crippen LogP contribution in [0.15, 0.2) is 16.6 Å². The van der Waals surface area contributed by atoms with Gasteiger partial charge in [-0.3, -0.25) is 0 Å². The van der Waals surface area contributed by atoms with Crippen molar-refractivity contribution in [3.63, 3.8) is 0 Å². The van der Waals surface area contributed by atoms with Gasteiger partial charge in [-0.05, 0) is 39.8 Å². The van der Waals surface area contributed by atoms with Crippen molar-refractivity contribution in [1.29, 1.82) is 0 Å². The van der Waals surface area contributed by atoms with Crippen LogP contribution in [-0.2, 0) is 9.31 Å². The summed E-state index contributed by atoms with van der Waals surface area (Å²) in [6, 6.07) is 2.89. The molecule has 0 aromatic heterocycles. The molecule has 0 bridgehead atoms.